The highest BCUT2D eigenvalue weighted by atomic mass is 16.5. The third-order valence-electron chi connectivity index (χ3n) is 8.76. The van der Waals surface area contributed by atoms with Crippen molar-refractivity contribution in [1.82, 2.24) is 15.1 Å². The molecule has 1 N–H and O–H groups in total. The van der Waals surface area contributed by atoms with Crippen LogP contribution >= 0.6 is 0 Å². The van der Waals surface area contributed by atoms with Gasteiger partial charge in [-0.2, -0.15) is 0 Å². The highest BCUT2D eigenvalue weighted by Crippen LogP contribution is 2.41. The number of esters is 1. The number of carbonyl (C=O) groups excluding carboxylic acids is 5. The summed E-state index contributed by atoms with van der Waals surface area (Å²) in [6, 6.07) is 11.8. The van der Waals surface area contributed by atoms with Gasteiger partial charge in [0.25, 0.3) is 11.8 Å². The largest absolute Gasteiger partial charge is 0.493 e. The predicted octanol–water partition coefficient (Wildman–Crippen LogP) is 3.68. The zero-order chi connectivity index (χ0) is 30.5. The van der Waals surface area contributed by atoms with Crippen LogP contribution in [0.25, 0.3) is 0 Å². The minimum Gasteiger partial charge on any atom is -0.493 e. The van der Waals surface area contributed by atoms with Gasteiger partial charge in [-0.15, -0.1) is 0 Å². The van der Waals surface area contributed by atoms with Gasteiger partial charge in [0.2, 0.25) is 11.8 Å². The fourth-order valence-electron chi connectivity index (χ4n) is 6.61. The van der Waals surface area contributed by atoms with Gasteiger partial charge in [-0.25, -0.2) is 0 Å². The number of benzene rings is 2. The Morgan fingerprint density at radius 1 is 0.953 bits per heavy atom. The van der Waals surface area contributed by atoms with E-state index in [1.165, 1.54) is 4.90 Å². The molecule has 1 saturated carbocycles. The van der Waals surface area contributed by atoms with Crippen molar-refractivity contribution in [1.29, 1.82) is 0 Å². The highest BCUT2D eigenvalue weighted by molar-refractivity contribution is 6.21. The number of rotatable bonds is 10. The summed E-state index contributed by atoms with van der Waals surface area (Å²) < 4.78 is 11.5. The molecule has 1 aliphatic carbocycles. The molecule has 2 aromatic carbocycles. The van der Waals surface area contributed by atoms with E-state index in [0.717, 1.165) is 24.0 Å². The number of carbonyl (C=O) groups is 5. The molecule has 228 valence electrons. The van der Waals surface area contributed by atoms with Gasteiger partial charge in [0.1, 0.15) is 5.75 Å². The van der Waals surface area contributed by atoms with Gasteiger partial charge in [-0.05, 0) is 56.4 Å². The summed E-state index contributed by atoms with van der Waals surface area (Å²) in [5.41, 5.74) is 2.41. The normalized spacial score (nSPS) is 21.2. The van der Waals surface area contributed by atoms with Gasteiger partial charge in [-0.3, -0.25) is 28.9 Å². The van der Waals surface area contributed by atoms with Crippen molar-refractivity contribution >= 4 is 29.6 Å². The van der Waals surface area contributed by atoms with E-state index in [1.54, 1.807) is 43.1 Å². The van der Waals surface area contributed by atoms with E-state index in [1.807, 2.05) is 18.2 Å². The Kier molecular flexibility index (Phi) is 9.43. The Balaban J connectivity index is 1.49. The Bertz CT molecular complexity index is 1370. The molecule has 2 aliphatic heterocycles. The lowest BCUT2D eigenvalue weighted by molar-refractivity contribution is -0.158. The van der Waals surface area contributed by atoms with Gasteiger partial charge in [0.05, 0.1) is 48.8 Å². The highest BCUT2D eigenvalue weighted by Gasteiger charge is 2.45. The SMILES string of the molecule is CCOC(=O)[C@H]1CCCC[C@H]1C(=O)N1CCc2cccc(OCCCC(=O)NC)c2C1CN1C(=O)c2ccccc2C1=O. The maximum atomic E-state index is 14.4. The average Bonchev–Trinajstić information content (AvgIpc) is 3.27. The maximum absolute atomic E-state index is 14.4. The summed E-state index contributed by atoms with van der Waals surface area (Å²) >= 11 is 0. The monoisotopic (exact) mass is 589 g/mol. The first-order chi connectivity index (χ1) is 20.8. The van der Waals surface area contributed by atoms with E-state index in [2.05, 4.69) is 5.32 Å². The number of fused-ring (bicyclic) bond motifs is 2. The lowest BCUT2D eigenvalue weighted by Crippen LogP contribution is -2.50. The second-order valence-electron chi connectivity index (χ2n) is 11.3. The minimum absolute atomic E-state index is 0.0412. The Labute approximate surface area is 251 Å². The predicted molar refractivity (Wildman–Crippen MR) is 157 cm³/mol. The van der Waals surface area contributed by atoms with Crippen LogP contribution in [0.4, 0.5) is 0 Å². The summed E-state index contributed by atoms with van der Waals surface area (Å²) in [5.74, 6) is -1.91. The first-order valence-corrected chi connectivity index (χ1v) is 15.2. The van der Waals surface area contributed by atoms with Crippen LogP contribution in [0.2, 0.25) is 0 Å². The van der Waals surface area contributed by atoms with Gasteiger partial charge in [0, 0.05) is 25.6 Å². The van der Waals surface area contributed by atoms with Gasteiger partial charge < -0.3 is 19.7 Å². The molecular formula is C33H39N3O7. The van der Waals surface area contributed by atoms with Crippen molar-refractivity contribution in [2.45, 2.75) is 57.9 Å². The van der Waals surface area contributed by atoms with E-state index in [-0.39, 0.29) is 37.5 Å². The van der Waals surface area contributed by atoms with E-state index >= 15 is 0 Å². The lowest BCUT2D eigenvalue weighted by atomic mass is 9.77. The molecular weight excluding hydrogens is 550 g/mol. The molecule has 0 aromatic heterocycles. The topological polar surface area (TPSA) is 122 Å². The number of nitrogens with one attached hydrogen (secondary N) is 1. The molecule has 5 rings (SSSR count). The smallest absolute Gasteiger partial charge is 0.309 e. The van der Waals surface area contributed by atoms with Crippen molar-refractivity contribution in [2.75, 3.05) is 33.4 Å². The van der Waals surface area contributed by atoms with E-state index in [9.17, 15) is 24.0 Å². The fraction of sp³-hybridized carbons (Fsp3) is 0.485. The molecule has 3 atom stereocenters. The summed E-state index contributed by atoms with van der Waals surface area (Å²) in [7, 11) is 1.59. The Morgan fingerprint density at radius 3 is 2.33 bits per heavy atom. The summed E-state index contributed by atoms with van der Waals surface area (Å²) in [4.78, 5) is 68.8. The van der Waals surface area contributed by atoms with E-state index in [0.29, 0.717) is 55.5 Å². The van der Waals surface area contributed by atoms with Crippen LogP contribution in [0.5, 0.6) is 5.75 Å². The number of nitrogens with zero attached hydrogens (tertiary/aromatic N) is 2. The van der Waals surface area contributed by atoms with Crippen LogP contribution in [-0.4, -0.2) is 72.7 Å². The number of hydrogen-bond donors (Lipinski definition) is 1. The number of hydrogen-bond acceptors (Lipinski definition) is 7. The molecule has 10 heteroatoms. The molecule has 0 saturated heterocycles. The molecule has 4 amide bonds. The Hall–Kier alpha value is -4.21. The van der Waals surface area contributed by atoms with Crippen LogP contribution in [0.15, 0.2) is 42.5 Å². The van der Waals surface area contributed by atoms with Crippen LogP contribution in [0.1, 0.15) is 83.3 Å². The summed E-state index contributed by atoms with van der Waals surface area (Å²) in [6.45, 7) is 2.63. The van der Waals surface area contributed by atoms with Crippen LogP contribution in [-0.2, 0) is 25.5 Å². The van der Waals surface area contributed by atoms with Crippen molar-refractivity contribution in [2.24, 2.45) is 11.8 Å². The first kappa shape index (κ1) is 30.3. The van der Waals surface area contributed by atoms with Crippen molar-refractivity contribution in [3.63, 3.8) is 0 Å². The number of imide groups is 1. The lowest BCUT2D eigenvalue weighted by Gasteiger charge is -2.42. The second-order valence-corrected chi connectivity index (χ2v) is 11.3. The molecule has 43 heavy (non-hydrogen) atoms. The zero-order valence-electron chi connectivity index (χ0n) is 24.8. The zero-order valence-corrected chi connectivity index (χ0v) is 24.8. The third-order valence-corrected chi connectivity index (χ3v) is 8.76. The Morgan fingerprint density at radius 2 is 1.65 bits per heavy atom. The van der Waals surface area contributed by atoms with Crippen LogP contribution in [0, 0.1) is 11.8 Å². The van der Waals surface area contributed by atoms with Gasteiger partial charge in [0.15, 0.2) is 0 Å². The summed E-state index contributed by atoms with van der Waals surface area (Å²) in [6.07, 6.45) is 4.21. The molecule has 2 aromatic rings. The van der Waals surface area contributed by atoms with Crippen LogP contribution < -0.4 is 10.1 Å². The van der Waals surface area contributed by atoms with E-state index < -0.39 is 29.7 Å². The summed E-state index contributed by atoms with van der Waals surface area (Å²) in [5, 5.41) is 2.60. The minimum atomic E-state index is -0.668. The third kappa shape index (κ3) is 6.14. The van der Waals surface area contributed by atoms with Crippen molar-refractivity contribution < 1.29 is 33.4 Å². The molecule has 0 spiro atoms. The molecule has 2 heterocycles. The fourth-order valence-corrected chi connectivity index (χ4v) is 6.61. The molecule has 0 bridgehead atoms. The average molecular weight is 590 g/mol. The molecule has 3 aliphatic rings. The van der Waals surface area contributed by atoms with Crippen LogP contribution in [0.3, 0.4) is 0 Å². The second kappa shape index (κ2) is 13.4. The van der Waals surface area contributed by atoms with Gasteiger partial charge >= 0.3 is 5.97 Å². The van der Waals surface area contributed by atoms with Crippen molar-refractivity contribution in [3.8, 4) is 5.75 Å². The standard InChI is InChI=1S/C33H39N3O7/c1-3-42-33(41)25-14-7-6-13-24(25)30(38)35-18-17-21-10-8-15-27(43-19-9-16-28(37)34-2)29(21)26(35)20-36-31(39)22-11-4-5-12-23(22)32(36)40/h4-5,8,10-12,15,24-26H,3,6-7,9,13-14,16-20H2,1-2H3,(H,34,37)/t24-,25+,26?/m1/s1. The quantitative estimate of drug-likeness (QED) is 0.255. The van der Waals surface area contributed by atoms with E-state index in [4.69, 9.17) is 9.47 Å². The van der Waals surface area contributed by atoms with Crippen molar-refractivity contribution in [3.05, 3.63) is 64.7 Å². The molecule has 1 unspecified atom stereocenters. The number of amides is 4. The number of ether oxygens (including phenoxy) is 2. The molecule has 10 nitrogen and oxygen atoms in total. The maximum Gasteiger partial charge on any atom is 0.309 e. The first-order valence-electron chi connectivity index (χ1n) is 15.2. The van der Waals surface area contributed by atoms with Gasteiger partial charge in [-0.1, -0.05) is 37.1 Å². The molecule has 1 fully saturated rings. The molecule has 0 radical (unpaired) electrons.